The average molecular weight is 275 g/mol. The second kappa shape index (κ2) is 4.08. The zero-order valence-electron chi connectivity index (χ0n) is 9.21. The molecule has 0 amide bonds. The summed E-state index contributed by atoms with van der Waals surface area (Å²) >= 11 is 6.39. The van der Waals surface area contributed by atoms with Gasteiger partial charge in [0.15, 0.2) is 4.77 Å². The van der Waals surface area contributed by atoms with Crippen molar-refractivity contribution in [3.8, 4) is 10.4 Å². The summed E-state index contributed by atoms with van der Waals surface area (Å²) in [6.07, 6.45) is 0. The fourth-order valence-corrected chi connectivity index (χ4v) is 3.01. The molecule has 0 bridgehead atoms. The second-order valence-corrected chi connectivity index (χ2v) is 5.26. The highest BCUT2D eigenvalue weighted by molar-refractivity contribution is 7.71. The SMILES string of the molecule is Nn1c(=S)[nH]c2cc(-c3ccccc3)sc2c1=O. The van der Waals surface area contributed by atoms with Gasteiger partial charge in [-0.15, -0.1) is 11.3 Å². The minimum Gasteiger partial charge on any atom is -0.334 e. The van der Waals surface area contributed by atoms with Crippen LogP contribution in [0.25, 0.3) is 20.7 Å². The van der Waals surface area contributed by atoms with Crippen LogP contribution >= 0.6 is 23.6 Å². The Kier molecular flexibility index (Phi) is 2.53. The van der Waals surface area contributed by atoms with Crippen molar-refractivity contribution < 1.29 is 0 Å². The Balaban J connectivity index is 2.34. The molecule has 90 valence electrons. The van der Waals surface area contributed by atoms with Crippen molar-refractivity contribution in [2.75, 3.05) is 5.84 Å². The van der Waals surface area contributed by atoms with Gasteiger partial charge in [-0.25, -0.2) is 0 Å². The molecule has 0 spiro atoms. The van der Waals surface area contributed by atoms with Crippen molar-refractivity contribution in [1.29, 1.82) is 0 Å². The van der Waals surface area contributed by atoms with Crippen LogP contribution in [0.5, 0.6) is 0 Å². The smallest absolute Gasteiger partial charge is 0.290 e. The average Bonchev–Trinajstić information content (AvgIpc) is 2.81. The maximum atomic E-state index is 12.0. The lowest BCUT2D eigenvalue weighted by molar-refractivity contribution is 0.895. The topological polar surface area (TPSA) is 63.8 Å². The Morgan fingerprint density at radius 2 is 2.00 bits per heavy atom. The van der Waals surface area contributed by atoms with E-state index in [2.05, 4.69) is 4.98 Å². The molecule has 0 unspecified atom stereocenters. The molecule has 0 aliphatic rings. The van der Waals surface area contributed by atoms with E-state index < -0.39 is 0 Å². The fraction of sp³-hybridized carbons (Fsp3) is 0. The van der Waals surface area contributed by atoms with Crippen LogP contribution in [0.15, 0.2) is 41.2 Å². The first-order valence-corrected chi connectivity index (χ1v) is 6.48. The quantitative estimate of drug-likeness (QED) is 0.530. The van der Waals surface area contributed by atoms with Gasteiger partial charge in [-0.05, 0) is 23.8 Å². The minimum atomic E-state index is -0.263. The predicted octanol–water partition coefficient (Wildman–Crippen LogP) is 2.50. The van der Waals surface area contributed by atoms with Crippen LogP contribution in [0, 0.1) is 4.77 Å². The summed E-state index contributed by atoms with van der Waals surface area (Å²) in [5.74, 6) is 5.57. The highest BCUT2D eigenvalue weighted by atomic mass is 32.1. The molecule has 0 saturated heterocycles. The van der Waals surface area contributed by atoms with Crippen LogP contribution in [-0.2, 0) is 0 Å². The molecule has 2 aromatic heterocycles. The summed E-state index contributed by atoms with van der Waals surface area (Å²) in [6.45, 7) is 0. The summed E-state index contributed by atoms with van der Waals surface area (Å²) in [5.41, 5.74) is 1.54. The van der Waals surface area contributed by atoms with Gasteiger partial charge in [0.2, 0.25) is 0 Å². The monoisotopic (exact) mass is 275 g/mol. The van der Waals surface area contributed by atoms with E-state index in [1.807, 2.05) is 36.4 Å². The van der Waals surface area contributed by atoms with E-state index in [0.717, 1.165) is 20.6 Å². The van der Waals surface area contributed by atoms with Gasteiger partial charge in [0.05, 0.1) is 5.52 Å². The molecule has 4 nitrogen and oxygen atoms in total. The van der Waals surface area contributed by atoms with Crippen LogP contribution < -0.4 is 11.4 Å². The Labute approximate surface area is 111 Å². The first-order valence-electron chi connectivity index (χ1n) is 5.26. The third-order valence-electron chi connectivity index (χ3n) is 2.66. The van der Waals surface area contributed by atoms with E-state index in [4.69, 9.17) is 18.1 Å². The number of H-pyrrole nitrogens is 1. The molecule has 0 atom stereocenters. The van der Waals surface area contributed by atoms with Crippen LogP contribution in [0.3, 0.4) is 0 Å². The molecular weight excluding hydrogens is 266 g/mol. The van der Waals surface area contributed by atoms with Gasteiger partial charge in [0, 0.05) is 4.88 Å². The number of benzene rings is 1. The van der Waals surface area contributed by atoms with Crippen molar-refractivity contribution in [3.63, 3.8) is 0 Å². The van der Waals surface area contributed by atoms with Crippen molar-refractivity contribution in [1.82, 2.24) is 9.66 Å². The van der Waals surface area contributed by atoms with Crippen molar-refractivity contribution in [2.45, 2.75) is 0 Å². The van der Waals surface area contributed by atoms with E-state index in [-0.39, 0.29) is 10.3 Å². The van der Waals surface area contributed by atoms with Crippen LogP contribution in [0.1, 0.15) is 0 Å². The van der Waals surface area contributed by atoms with Crippen LogP contribution in [0.2, 0.25) is 0 Å². The molecule has 6 heteroatoms. The third kappa shape index (κ3) is 1.66. The molecule has 1 aromatic carbocycles. The number of thiophene rings is 1. The Morgan fingerprint density at radius 3 is 2.72 bits per heavy atom. The number of nitrogens with two attached hydrogens (primary N) is 1. The molecule has 3 N–H and O–H groups in total. The lowest BCUT2D eigenvalue weighted by Gasteiger charge is -1.96. The molecule has 3 aromatic rings. The molecule has 0 fully saturated rings. The second-order valence-electron chi connectivity index (χ2n) is 3.82. The van der Waals surface area contributed by atoms with Crippen LogP contribution in [0.4, 0.5) is 0 Å². The lowest BCUT2D eigenvalue weighted by Crippen LogP contribution is -2.27. The van der Waals surface area contributed by atoms with Gasteiger partial charge in [-0.1, -0.05) is 30.3 Å². The molecule has 18 heavy (non-hydrogen) atoms. The Morgan fingerprint density at radius 1 is 1.28 bits per heavy atom. The first kappa shape index (κ1) is 11.2. The number of fused-ring (bicyclic) bond motifs is 1. The summed E-state index contributed by atoms with van der Waals surface area (Å²) in [7, 11) is 0. The van der Waals surface area contributed by atoms with Gasteiger partial charge in [0.25, 0.3) is 5.56 Å². The number of hydrogen-bond donors (Lipinski definition) is 2. The maximum Gasteiger partial charge on any atom is 0.290 e. The largest absolute Gasteiger partial charge is 0.334 e. The van der Waals surface area contributed by atoms with Crippen LogP contribution in [-0.4, -0.2) is 9.66 Å². The highest BCUT2D eigenvalue weighted by Gasteiger charge is 2.09. The summed E-state index contributed by atoms with van der Waals surface area (Å²) in [6, 6.07) is 11.8. The number of aromatic nitrogens is 2. The van der Waals surface area contributed by atoms with Gasteiger partial charge >= 0.3 is 0 Å². The van der Waals surface area contributed by atoms with E-state index in [0.29, 0.717) is 4.70 Å². The molecular formula is C12H9N3OS2. The van der Waals surface area contributed by atoms with E-state index in [1.165, 1.54) is 11.3 Å². The molecule has 0 aliphatic carbocycles. The van der Waals surface area contributed by atoms with Gasteiger partial charge in [0.1, 0.15) is 4.70 Å². The Hall–Kier alpha value is -1.92. The van der Waals surface area contributed by atoms with Gasteiger partial charge in [-0.3, -0.25) is 4.79 Å². The molecule has 0 radical (unpaired) electrons. The van der Waals surface area contributed by atoms with Crippen molar-refractivity contribution in [2.24, 2.45) is 0 Å². The number of rotatable bonds is 1. The summed E-state index contributed by atoms with van der Waals surface area (Å²) in [4.78, 5) is 15.9. The number of nitrogens with zero attached hydrogens (tertiary/aromatic N) is 1. The maximum absolute atomic E-state index is 12.0. The van der Waals surface area contributed by atoms with Gasteiger partial charge < -0.3 is 10.8 Å². The zero-order valence-corrected chi connectivity index (χ0v) is 10.8. The fourth-order valence-electron chi connectivity index (χ4n) is 1.76. The molecule has 0 saturated carbocycles. The number of aromatic amines is 1. The first-order chi connectivity index (χ1) is 8.66. The minimum absolute atomic E-state index is 0.227. The standard InChI is InChI=1S/C12H9N3OS2/c13-15-11(16)10-8(14-12(15)17)6-9(18-10)7-4-2-1-3-5-7/h1-6H,13H2,(H,14,17). The molecule has 2 heterocycles. The predicted molar refractivity (Wildman–Crippen MR) is 76.9 cm³/mol. The summed E-state index contributed by atoms with van der Waals surface area (Å²) < 4.78 is 1.78. The third-order valence-corrected chi connectivity index (χ3v) is 4.13. The Bertz CT molecular complexity index is 830. The van der Waals surface area contributed by atoms with E-state index >= 15 is 0 Å². The zero-order chi connectivity index (χ0) is 12.7. The lowest BCUT2D eigenvalue weighted by atomic mass is 10.2. The molecule has 3 rings (SSSR count). The van der Waals surface area contributed by atoms with Crippen molar-refractivity contribution in [3.05, 3.63) is 51.5 Å². The van der Waals surface area contributed by atoms with E-state index in [1.54, 1.807) is 0 Å². The number of nitrogens with one attached hydrogen (secondary N) is 1. The van der Waals surface area contributed by atoms with Crippen molar-refractivity contribution >= 4 is 33.8 Å². The molecule has 0 aliphatic heterocycles. The highest BCUT2D eigenvalue weighted by Crippen LogP contribution is 2.30. The van der Waals surface area contributed by atoms with E-state index in [9.17, 15) is 4.79 Å². The summed E-state index contributed by atoms with van der Waals surface area (Å²) in [5, 5.41) is 0. The number of hydrogen-bond acceptors (Lipinski definition) is 4. The normalized spacial score (nSPS) is 10.9. The van der Waals surface area contributed by atoms with Gasteiger partial charge in [-0.2, -0.15) is 4.68 Å². The number of nitrogen functional groups attached to an aromatic ring is 1.